The van der Waals surface area contributed by atoms with E-state index in [-0.39, 0.29) is 33.2 Å². The first kappa shape index (κ1) is 22.2. The lowest BCUT2D eigenvalue weighted by molar-refractivity contribution is 0.224. The summed E-state index contributed by atoms with van der Waals surface area (Å²) in [6.07, 6.45) is 0. The maximum Gasteiger partial charge on any atom is 0.286 e. The van der Waals surface area contributed by atoms with Gasteiger partial charge >= 0.3 is 0 Å². The van der Waals surface area contributed by atoms with Crippen molar-refractivity contribution in [3.8, 4) is 0 Å². The molecule has 1 aromatic carbocycles. The lowest BCUT2D eigenvalue weighted by Crippen LogP contribution is -2.38. The number of benzene rings is 1. The van der Waals surface area contributed by atoms with Crippen LogP contribution in [0.2, 0.25) is 0 Å². The van der Waals surface area contributed by atoms with Gasteiger partial charge in [0.05, 0.1) is 10.8 Å². The van der Waals surface area contributed by atoms with Crippen LogP contribution in [0, 0.1) is 0 Å². The van der Waals surface area contributed by atoms with E-state index < -0.39 is 0 Å². The molecule has 1 amide bonds. The van der Waals surface area contributed by atoms with E-state index in [9.17, 15) is 4.79 Å². The van der Waals surface area contributed by atoms with E-state index >= 15 is 0 Å². The minimum absolute atomic E-state index is 0.0268. The Morgan fingerprint density at radius 3 is 2.12 bits per heavy atom. The van der Waals surface area contributed by atoms with Gasteiger partial charge in [0.15, 0.2) is 0 Å². The van der Waals surface area contributed by atoms with Gasteiger partial charge in [0, 0.05) is 29.7 Å². The lowest BCUT2D eigenvalue weighted by atomic mass is 9.87. The molecule has 0 aliphatic heterocycles. The Morgan fingerprint density at radius 1 is 1.12 bits per heavy atom. The van der Waals surface area contributed by atoms with Gasteiger partial charge in [-0.1, -0.05) is 32.9 Å². The zero-order chi connectivity index (χ0) is 18.3. The highest BCUT2D eigenvalue weighted by Crippen LogP contribution is 2.29. The molecule has 1 rings (SSSR count). The highest BCUT2D eigenvalue weighted by atomic mass is 35.5. The summed E-state index contributed by atoms with van der Waals surface area (Å²) < 4.78 is 0. The summed E-state index contributed by atoms with van der Waals surface area (Å²) in [5.74, 6) is 0.534. The van der Waals surface area contributed by atoms with E-state index in [0.29, 0.717) is 13.1 Å². The van der Waals surface area contributed by atoms with E-state index in [1.54, 1.807) is 4.90 Å². The Kier molecular flexibility index (Phi) is 9.61. The number of carbonyl (C=O) groups excluding carboxylic acids is 1. The molecule has 0 saturated heterocycles. The van der Waals surface area contributed by atoms with Crippen molar-refractivity contribution in [3.63, 3.8) is 0 Å². The van der Waals surface area contributed by atoms with E-state index in [4.69, 9.17) is 46.4 Å². The molecule has 0 saturated carbocycles. The van der Waals surface area contributed by atoms with Crippen LogP contribution < -0.4 is 0 Å². The first-order valence-electron chi connectivity index (χ1n) is 7.64. The third kappa shape index (κ3) is 7.61. The number of rotatable bonds is 7. The van der Waals surface area contributed by atoms with Crippen molar-refractivity contribution in [2.24, 2.45) is 0 Å². The molecule has 2 atom stereocenters. The van der Waals surface area contributed by atoms with Crippen molar-refractivity contribution in [2.45, 2.75) is 41.8 Å². The number of alkyl halides is 4. The SMILES string of the molecule is CC(C)(C)c1cccc(SC(=O)N(CC(Cl)CCl)CC(Cl)CCl)c1. The summed E-state index contributed by atoms with van der Waals surface area (Å²) in [5, 5.41) is -0.750. The predicted molar refractivity (Wildman–Crippen MR) is 109 cm³/mol. The topological polar surface area (TPSA) is 20.3 Å². The minimum atomic E-state index is -0.323. The van der Waals surface area contributed by atoms with Gasteiger partial charge in [-0.05, 0) is 34.9 Å². The first-order chi connectivity index (χ1) is 11.2. The molecular formula is C17H23Cl4NOS. The molecule has 7 heteroatoms. The van der Waals surface area contributed by atoms with E-state index in [1.165, 1.54) is 17.3 Å². The Morgan fingerprint density at radius 2 is 1.67 bits per heavy atom. The van der Waals surface area contributed by atoms with Gasteiger partial charge in [-0.25, -0.2) is 0 Å². The number of halogens is 4. The van der Waals surface area contributed by atoms with Crippen LogP contribution >= 0.6 is 58.2 Å². The highest BCUT2D eigenvalue weighted by molar-refractivity contribution is 8.13. The molecule has 0 spiro atoms. The summed E-state index contributed by atoms with van der Waals surface area (Å²) in [5.41, 5.74) is 1.21. The molecule has 0 aliphatic rings. The number of hydrogen-bond donors (Lipinski definition) is 0. The van der Waals surface area contributed by atoms with Crippen molar-refractivity contribution in [1.29, 1.82) is 0 Å². The zero-order valence-electron chi connectivity index (χ0n) is 14.1. The number of carbonyl (C=O) groups is 1. The Labute approximate surface area is 169 Å². The van der Waals surface area contributed by atoms with E-state index in [2.05, 4.69) is 26.8 Å². The smallest absolute Gasteiger partial charge is 0.286 e. The second-order valence-electron chi connectivity index (χ2n) is 6.55. The first-order valence-corrected chi connectivity index (χ1v) is 10.4. The number of hydrogen-bond acceptors (Lipinski definition) is 2. The van der Waals surface area contributed by atoms with Crippen LogP contribution in [-0.2, 0) is 5.41 Å². The molecule has 24 heavy (non-hydrogen) atoms. The zero-order valence-corrected chi connectivity index (χ0v) is 17.9. The molecule has 0 N–H and O–H groups in total. The van der Waals surface area contributed by atoms with Crippen molar-refractivity contribution in [2.75, 3.05) is 24.8 Å². The quantitative estimate of drug-likeness (QED) is 0.379. The summed E-state index contributed by atoms with van der Waals surface area (Å²) in [6.45, 7) is 7.11. The third-order valence-corrected chi connectivity index (χ3v) is 5.90. The second kappa shape index (κ2) is 10.4. The maximum absolute atomic E-state index is 12.7. The average molecular weight is 431 g/mol. The normalized spacial score (nSPS) is 14.3. The van der Waals surface area contributed by atoms with Crippen LogP contribution in [0.1, 0.15) is 26.3 Å². The van der Waals surface area contributed by atoms with Gasteiger partial charge in [-0.3, -0.25) is 4.79 Å². The van der Waals surface area contributed by atoms with Crippen molar-refractivity contribution in [1.82, 2.24) is 4.90 Å². The maximum atomic E-state index is 12.7. The van der Waals surface area contributed by atoms with Crippen LogP contribution in [-0.4, -0.2) is 45.7 Å². The van der Waals surface area contributed by atoms with Crippen LogP contribution in [0.15, 0.2) is 29.2 Å². The molecule has 0 aliphatic carbocycles. The Hall–Kier alpha value is 0.200. The molecule has 0 aromatic heterocycles. The fourth-order valence-corrected chi connectivity index (χ4v) is 3.33. The molecular weight excluding hydrogens is 408 g/mol. The van der Waals surface area contributed by atoms with Gasteiger partial charge in [0.25, 0.3) is 5.24 Å². The number of nitrogens with zero attached hydrogens (tertiary/aromatic N) is 1. The van der Waals surface area contributed by atoms with Crippen LogP contribution in [0.5, 0.6) is 0 Å². The monoisotopic (exact) mass is 429 g/mol. The van der Waals surface area contributed by atoms with Gasteiger partial charge in [0.2, 0.25) is 0 Å². The van der Waals surface area contributed by atoms with Crippen LogP contribution in [0.4, 0.5) is 4.79 Å². The van der Waals surface area contributed by atoms with Crippen molar-refractivity contribution >= 4 is 63.4 Å². The van der Waals surface area contributed by atoms with Gasteiger partial charge in [-0.2, -0.15) is 0 Å². The molecule has 2 unspecified atom stereocenters. The molecule has 0 bridgehead atoms. The summed E-state index contributed by atoms with van der Waals surface area (Å²) >= 11 is 24.9. The van der Waals surface area contributed by atoms with Crippen LogP contribution in [0.3, 0.4) is 0 Å². The van der Waals surface area contributed by atoms with Crippen molar-refractivity contribution < 1.29 is 4.79 Å². The highest BCUT2D eigenvalue weighted by Gasteiger charge is 2.22. The van der Waals surface area contributed by atoms with Gasteiger partial charge < -0.3 is 4.90 Å². The average Bonchev–Trinajstić information content (AvgIpc) is 2.53. The molecule has 136 valence electrons. The summed E-state index contributed by atoms with van der Waals surface area (Å²) in [6, 6.07) is 8.00. The molecule has 2 nitrogen and oxygen atoms in total. The van der Waals surface area contributed by atoms with Crippen molar-refractivity contribution in [3.05, 3.63) is 29.8 Å². The Balaban J connectivity index is 2.87. The Bertz CT molecular complexity index is 524. The summed E-state index contributed by atoms with van der Waals surface area (Å²) in [7, 11) is 0. The molecule has 0 heterocycles. The van der Waals surface area contributed by atoms with E-state index in [0.717, 1.165) is 4.90 Å². The van der Waals surface area contributed by atoms with E-state index in [1.807, 2.05) is 18.2 Å². The second-order valence-corrected chi connectivity index (χ2v) is 9.43. The van der Waals surface area contributed by atoms with Gasteiger partial charge in [-0.15, -0.1) is 46.4 Å². The van der Waals surface area contributed by atoms with Crippen LogP contribution in [0.25, 0.3) is 0 Å². The number of amides is 1. The molecule has 1 aromatic rings. The summed E-state index contributed by atoms with van der Waals surface area (Å²) in [4.78, 5) is 15.2. The predicted octanol–water partition coefficient (Wildman–Crippen LogP) is 6.19. The minimum Gasteiger partial charge on any atom is -0.330 e. The standard InChI is InChI=1S/C17H23Cl4NOS/c1-17(2,3)12-5-4-6-15(7-12)24-16(23)22(10-13(20)8-18)11-14(21)9-19/h4-7,13-14H,8-11H2,1-3H3. The molecule has 0 fully saturated rings. The largest absolute Gasteiger partial charge is 0.330 e. The molecule has 0 radical (unpaired) electrons. The fourth-order valence-electron chi connectivity index (χ4n) is 1.99. The number of thioether (sulfide) groups is 1. The lowest BCUT2D eigenvalue weighted by Gasteiger charge is -2.26. The van der Waals surface area contributed by atoms with Gasteiger partial charge in [0.1, 0.15) is 0 Å². The third-order valence-electron chi connectivity index (χ3n) is 3.34. The fraction of sp³-hybridized carbons (Fsp3) is 0.588.